The third kappa shape index (κ3) is 68.4. The van der Waals surface area contributed by atoms with E-state index in [0.717, 1.165) is 77.0 Å². The van der Waals surface area contributed by atoms with Gasteiger partial charge in [0.2, 0.25) is 0 Å². The van der Waals surface area contributed by atoms with Crippen LogP contribution < -0.4 is 0 Å². The van der Waals surface area contributed by atoms with Gasteiger partial charge in [0, 0.05) is 19.3 Å². The Balaban J connectivity index is 4.14. The fraction of sp³-hybridized carbons (Fsp3) is 0.882. The smallest absolute Gasteiger partial charge is 0.306 e. The number of esters is 3. The summed E-state index contributed by atoms with van der Waals surface area (Å²) in [6.45, 7) is 6.66. The summed E-state index contributed by atoms with van der Waals surface area (Å²) in [5.41, 5.74) is 0. The Hall–Kier alpha value is -2.37. The van der Waals surface area contributed by atoms with E-state index < -0.39 is 6.10 Å². The second-order valence-electron chi connectivity index (χ2n) is 25.2. The van der Waals surface area contributed by atoms with Crippen molar-refractivity contribution in [2.75, 3.05) is 13.2 Å². The van der Waals surface area contributed by atoms with Crippen LogP contribution in [0.25, 0.3) is 0 Å². The van der Waals surface area contributed by atoms with Crippen LogP contribution in [0.5, 0.6) is 0 Å². The summed E-state index contributed by atoms with van der Waals surface area (Å²) in [5, 5.41) is 0. The van der Waals surface area contributed by atoms with Crippen LogP contribution in [0.2, 0.25) is 0 Å². The molecular weight excluding hydrogens is 1010 g/mol. The van der Waals surface area contributed by atoms with Gasteiger partial charge >= 0.3 is 17.9 Å². The number of carbonyl (C=O) groups is 3. The molecule has 0 saturated heterocycles. The van der Waals surface area contributed by atoms with E-state index in [1.165, 1.54) is 295 Å². The average molecular weight is 1150 g/mol. The Morgan fingerprint density at radius 1 is 0.244 bits per heavy atom. The molecule has 0 aliphatic heterocycles. The van der Waals surface area contributed by atoms with Crippen LogP contribution in [0.4, 0.5) is 0 Å². The SMILES string of the molecule is CCCC/C=C\C/C=C\CCCCCCCC(=O)OCC(COC(=O)CCCCCCCCCCCCCCCCCCCCCCCCCCCCCCCCCC)OC(=O)CCCCCCCCC/C=C\CCCCCCCCC. The second kappa shape index (κ2) is 71.1. The lowest BCUT2D eigenvalue weighted by Gasteiger charge is -2.18. The van der Waals surface area contributed by atoms with Crippen LogP contribution in [0.15, 0.2) is 36.5 Å². The molecule has 0 aromatic heterocycles. The molecule has 0 heterocycles. The van der Waals surface area contributed by atoms with E-state index in [1.807, 2.05) is 0 Å². The van der Waals surface area contributed by atoms with Gasteiger partial charge in [-0.2, -0.15) is 0 Å². The maximum Gasteiger partial charge on any atom is 0.306 e. The molecule has 0 rings (SSSR count). The van der Waals surface area contributed by atoms with Crippen molar-refractivity contribution in [2.24, 2.45) is 0 Å². The third-order valence-corrected chi connectivity index (χ3v) is 16.9. The van der Waals surface area contributed by atoms with Gasteiger partial charge in [-0.25, -0.2) is 0 Å². The summed E-state index contributed by atoms with van der Waals surface area (Å²) in [7, 11) is 0. The van der Waals surface area contributed by atoms with Crippen molar-refractivity contribution in [3.05, 3.63) is 36.5 Å². The van der Waals surface area contributed by atoms with Crippen LogP contribution in [-0.2, 0) is 28.6 Å². The maximum atomic E-state index is 12.9. The zero-order chi connectivity index (χ0) is 59.2. The molecule has 1 atom stereocenters. The summed E-state index contributed by atoms with van der Waals surface area (Å²) in [5.74, 6) is -0.865. The number of carbonyl (C=O) groups excluding carboxylic acids is 3. The molecule has 0 fully saturated rings. The molecule has 0 aromatic carbocycles. The van der Waals surface area contributed by atoms with E-state index in [-0.39, 0.29) is 31.1 Å². The first-order valence-corrected chi connectivity index (χ1v) is 37.0. The van der Waals surface area contributed by atoms with E-state index in [2.05, 4.69) is 57.2 Å². The van der Waals surface area contributed by atoms with Gasteiger partial charge in [-0.15, -0.1) is 0 Å². The Kier molecular flexibility index (Phi) is 69.1. The van der Waals surface area contributed by atoms with Crippen molar-refractivity contribution in [1.82, 2.24) is 0 Å². The van der Waals surface area contributed by atoms with Crippen molar-refractivity contribution >= 4 is 17.9 Å². The van der Waals surface area contributed by atoms with E-state index in [0.29, 0.717) is 19.3 Å². The van der Waals surface area contributed by atoms with Gasteiger partial charge in [0.1, 0.15) is 13.2 Å². The minimum atomic E-state index is -0.780. The highest BCUT2D eigenvalue weighted by atomic mass is 16.6. The molecule has 6 nitrogen and oxygen atoms in total. The Labute approximate surface area is 512 Å². The predicted molar refractivity (Wildman–Crippen MR) is 358 cm³/mol. The van der Waals surface area contributed by atoms with Crippen LogP contribution in [0.1, 0.15) is 412 Å². The second-order valence-corrected chi connectivity index (χ2v) is 25.2. The molecular formula is C76H142O6. The number of hydrogen-bond donors (Lipinski definition) is 0. The predicted octanol–water partition coefficient (Wildman–Crippen LogP) is 25.5. The molecule has 6 heteroatoms. The Morgan fingerprint density at radius 3 is 0.720 bits per heavy atom. The van der Waals surface area contributed by atoms with Gasteiger partial charge in [0.25, 0.3) is 0 Å². The highest BCUT2D eigenvalue weighted by Crippen LogP contribution is 2.19. The van der Waals surface area contributed by atoms with Crippen molar-refractivity contribution in [3.63, 3.8) is 0 Å². The number of allylic oxidation sites excluding steroid dienone is 6. The summed E-state index contributed by atoms with van der Waals surface area (Å²) in [6.07, 6.45) is 89.1. The quantitative estimate of drug-likeness (QED) is 0.0261. The largest absolute Gasteiger partial charge is 0.462 e. The highest BCUT2D eigenvalue weighted by molar-refractivity contribution is 5.71. The molecule has 0 aliphatic rings. The summed E-state index contributed by atoms with van der Waals surface area (Å²) in [4.78, 5) is 38.4. The number of ether oxygens (including phenoxy) is 3. The molecule has 0 bridgehead atoms. The van der Waals surface area contributed by atoms with Gasteiger partial charge in [0.05, 0.1) is 0 Å². The van der Waals surface area contributed by atoms with E-state index in [4.69, 9.17) is 14.2 Å². The lowest BCUT2D eigenvalue weighted by molar-refractivity contribution is -0.167. The van der Waals surface area contributed by atoms with E-state index in [9.17, 15) is 14.4 Å². The first-order chi connectivity index (χ1) is 40.5. The highest BCUT2D eigenvalue weighted by Gasteiger charge is 2.19. The summed E-state index contributed by atoms with van der Waals surface area (Å²) in [6, 6.07) is 0. The van der Waals surface area contributed by atoms with Gasteiger partial charge in [-0.1, -0.05) is 359 Å². The maximum absolute atomic E-state index is 12.9. The zero-order valence-electron chi connectivity index (χ0n) is 55.5. The van der Waals surface area contributed by atoms with Crippen molar-refractivity contribution in [1.29, 1.82) is 0 Å². The Bertz CT molecular complexity index is 1370. The minimum Gasteiger partial charge on any atom is -0.462 e. The van der Waals surface area contributed by atoms with Crippen molar-refractivity contribution in [3.8, 4) is 0 Å². The molecule has 1 unspecified atom stereocenters. The van der Waals surface area contributed by atoms with Gasteiger partial charge in [-0.3, -0.25) is 14.4 Å². The first kappa shape index (κ1) is 79.6. The third-order valence-electron chi connectivity index (χ3n) is 16.9. The van der Waals surface area contributed by atoms with Gasteiger partial charge in [-0.05, 0) is 70.6 Å². The molecule has 0 amide bonds. The van der Waals surface area contributed by atoms with E-state index in [1.54, 1.807) is 0 Å². The summed E-state index contributed by atoms with van der Waals surface area (Å²) >= 11 is 0. The average Bonchev–Trinajstić information content (AvgIpc) is 3.48. The van der Waals surface area contributed by atoms with Crippen molar-refractivity contribution < 1.29 is 28.6 Å². The molecule has 0 aromatic rings. The zero-order valence-corrected chi connectivity index (χ0v) is 55.5. The topological polar surface area (TPSA) is 78.9 Å². The molecule has 0 saturated carbocycles. The van der Waals surface area contributed by atoms with Crippen LogP contribution in [-0.4, -0.2) is 37.2 Å². The number of hydrogen-bond acceptors (Lipinski definition) is 6. The van der Waals surface area contributed by atoms with Crippen LogP contribution in [0.3, 0.4) is 0 Å². The molecule has 0 spiro atoms. The number of rotatable bonds is 69. The van der Waals surface area contributed by atoms with Crippen LogP contribution in [0, 0.1) is 0 Å². The van der Waals surface area contributed by atoms with E-state index >= 15 is 0 Å². The molecule has 0 aliphatic carbocycles. The van der Waals surface area contributed by atoms with Crippen LogP contribution >= 0.6 is 0 Å². The molecule has 0 radical (unpaired) electrons. The fourth-order valence-electron chi connectivity index (χ4n) is 11.3. The lowest BCUT2D eigenvalue weighted by atomic mass is 10.0. The normalized spacial score (nSPS) is 12.2. The minimum absolute atomic E-state index is 0.0740. The van der Waals surface area contributed by atoms with Gasteiger partial charge in [0.15, 0.2) is 6.10 Å². The molecule has 0 N–H and O–H groups in total. The lowest BCUT2D eigenvalue weighted by Crippen LogP contribution is -2.30. The number of unbranched alkanes of at least 4 members (excludes halogenated alkanes) is 52. The molecule has 82 heavy (non-hydrogen) atoms. The first-order valence-electron chi connectivity index (χ1n) is 37.0. The van der Waals surface area contributed by atoms with Gasteiger partial charge < -0.3 is 14.2 Å². The summed E-state index contributed by atoms with van der Waals surface area (Å²) < 4.78 is 17.0. The Morgan fingerprint density at radius 2 is 0.451 bits per heavy atom. The fourth-order valence-corrected chi connectivity index (χ4v) is 11.3. The standard InChI is InChI=1S/C76H142O6/c1-4-7-10-13-16-19-22-25-28-30-32-33-34-35-36-37-38-39-40-41-42-43-44-45-47-48-51-54-57-60-63-66-69-75(78)81-72-73(71-80-74(77)68-65-62-59-56-53-50-27-24-21-18-15-12-9-6-3)82-76(79)70-67-64-61-58-55-52-49-46-31-29-26-23-20-17-14-11-8-5-2/h15,18,24,27,29,31,73H,4-14,16-17,19-23,25-26,28,30,32-72H2,1-3H3/b18-15-,27-24-,31-29-. The monoisotopic (exact) mass is 1150 g/mol. The molecule has 482 valence electrons. The van der Waals surface area contributed by atoms with Crippen molar-refractivity contribution in [2.45, 2.75) is 419 Å².